The number of hydrogen-bond donors (Lipinski definition) is 3. The van der Waals surface area contributed by atoms with Gasteiger partial charge in [0, 0.05) is 9.26 Å². The van der Waals surface area contributed by atoms with E-state index in [0.717, 1.165) is 9.26 Å². The molecule has 0 aromatic heterocycles. The van der Waals surface area contributed by atoms with Crippen LogP contribution >= 0.6 is 22.6 Å². The quantitative estimate of drug-likeness (QED) is 0.262. The maximum Gasteiger partial charge on any atom is 0.161 e. The van der Waals surface area contributed by atoms with Crippen LogP contribution in [0, 0.1) is 9.39 Å². The van der Waals surface area contributed by atoms with Crippen LogP contribution in [-0.2, 0) is 0 Å². The van der Waals surface area contributed by atoms with Gasteiger partial charge in [-0.05, 0) is 47.7 Å². The third kappa shape index (κ3) is 3.22. The molecule has 4 N–H and O–H groups in total. The molecule has 0 amide bonds. The Hall–Kier alpha value is -1.05. The van der Waals surface area contributed by atoms with Crippen LogP contribution in [0.3, 0.4) is 0 Å². The highest BCUT2D eigenvalue weighted by Crippen LogP contribution is 2.19. The van der Waals surface area contributed by atoms with Crippen LogP contribution in [0.1, 0.15) is 6.92 Å². The Bertz CT molecular complexity index is 384. The number of oxime groups is 1. The number of halogens is 2. The second-order valence-electron chi connectivity index (χ2n) is 3.02. The largest absolute Gasteiger partial charge is 0.409 e. The van der Waals surface area contributed by atoms with E-state index in [1.165, 1.54) is 12.1 Å². The van der Waals surface area contributed by atoms with Crippen LogP contribution in [0.15, 0.2) is 23.4 Å². The van der Waals surface area contributed by atoms with Crippen LogP contribution in [0.25, 0.3) is 0 Å². The minimum absolute atomic E-state index is 0.0788. The minimum atomic E-state index is -0.311. The first-order valence-electron chi connectivity index (χ1n) is 4.23. The van der Waals surface area contributed by atoms with Crippen LogP contribution in [0.4, 0.5) is 10.1 Å². The fourth-order valence-electron chi connectivity index (χ4n) is 1.00. The van der Waals surface area contributed by atoms with E-state index in [1.807, 2.05) is 22.6 Å². The van der Waals surface area contributed by atoms with Gasteiger partial charge in [-0.3, -0.25) is 0 Å². The highest BCUT2D eigenvalue weighted by molar-refractivity contribution is 14.1. The second-order valence-corrected chi connectivity index (χ2v) is 4.18. The maximum absolute atomic E-state index is 12.8. The van der Waals surface area contributed by atoms with Crippen LogP contribution in [-0.4, -0.2) is 17.1 Å². The molecule has 0 aliphatic carbocycles. The van der Waals surface area contributed by atoms with Gasteiger partial charge in [0.05, 0.1) is 6.04 Å². The van der Waals surface area contributed by atoms with Crippen molar-refractivity contribution in [3.63, 3.8) is 0 Å². The summed E-state index contributed by atoms with van der Waals surface area (Å²) in [5.74, 6) is -0.212. The fraction of sp³-hybridized carbons (Fsp3) is 0.222. The molecular weight excluding hydrogens is 312 g/mol. The van der Waals surface area contributed by atoms with E-state index >= 15 is 0 Å². The molecular formula is C9H11FIN3O. The molecule has 0 heterocycles. The predicted octanol–water partition coefficient (Wildman–Crippen LogP) is 1.98. The zero-order valence-corrected chi connectivity index (χ0v) is 10.2. The van der Waals surface area contributed by atoms with Crippen LogP contribution < -0.4 is 11.1 Å². The Labute approximate surface area is 100 Å². The predicted molar refractivity (Wildman–Crippen MR) is 65.6 cm³/mol. The van der Waals surface area contributed by atoms with E-state index in [0.29, 0.717) is 0 Å². The van der Waals surface area contributed by atoms with Crippen molar-refractivity contribution >= 4 is 34.1 Å². The van der Waals surface area contributed by atoms with E-state index in [1.54, 1.807) is 13.0 Å². The molecule has 1 atom stereocenters. The molecule has 0 bridgehead atoms. The zero-order valence-electron chi connectivity index (χ0n) is 8.04. The Morgan fingerprint density at radius 1 is 1.67 bits per heavy atom. The maximum atomic E-state index is 12.8. The lowest BCUT2D eigenvalue weighted by molar-refractivity contribution is 0.316. The molecule has 0 radical (unpaired) electrons. The third-order valence-corrected chi connectivity index (χ3v) is 2.75. The van der Waals surface area contributed by atoms with Gasteiger partial charge in [-0.2, -0.15) is 0 Å². The average molecular weight is 323 g/mol. The summed E-state index contributed by atoms with van der Waals surface area (Å²) in [5, 5.41) is 14.3. The summed E-state index contributed by atoms with van der Waals surface area (Å²) in [7, 11) is 0. The molecule has 1 aromatic carbocycles. The van der Waals surface area contributed by atoms with Crippen molar-refractivity contribution in [2.75, 3.05) is 5.32 Å². The number of hydrogen-bond acceptors (Lipinski definition) is 3. The van der Waals surface area contributed by atoms with Gasteiger partial charge in [0.1, 0.15) is 5.82 Å². The number of nitrogens with one attached hydrogen (secondary N) is 1. The van der Waals surface area contributed by atoms with Gasteiger partial charge in [-0.1, -0.05) is 5.16 Å². The van der Waals surface area contributed by atoms with Gasteiger partial charge in [0.15, 0.2) is 5.84 Å². The molecule has 0 saturated heterocycles. The summed E-state index contributed by atoms with van der Waals surface area (Å²) in [6, 6.07) is 4.05. The summed E-state index contributed by atoms with van der Waals surface area (Å²) in [6.45, 7) is 1.74. The zero-order chi connectivity index (χ0) is 11.4. The normalized spacial score (nSPS) is 13.7. The lowest BCUT2D eigenvalue weighted by Gasteiger charge is -2.14. The summed E-state index contributed by atoms with van der Waals surface area (Å²) >= 11 is 2.01. The molecule has 1 aromatic rings. The van der Waals surface area contributed by atoms with Gasteiger partial charge in [0.2, 0.25) is 0 Å². The van der Waals surface area contributed by atoms with Crippen LogP contribution in [0.5, 0.6) is 0 Å². The number of amidine groups is 1. The molecule has 0 fully saturated rings. The molecule has 4 nitrogen and oxygen atoms in total. The molecule has 6 heteroatoms. The molecule has 0 saturated carbocycles. The number of nitrogens with zero attached hydrogens (tertiary/aromatic N) is 1. The number of benzene rings is 1. The molecule has 0 aliphatic heterocycles. The van der Waals surface area contributed by atoms with Gasteiger partial charge in [-0.25, -0.2) is 4.39 Å². The van der Waals surface area contributed by atoms with Crippen molar-refractivity contribution in [2.24, 2.45) is 10.9 Å². The topological polar surface area (TPSA) is 70.6 Å². The Morgan fingerprint density at radius 2 is 2.33 bits per heavy atom. The first kappa shape index (κ1) is 12.0. The molecule has 0 aliphatic rings. The lowest BCUT2D eigenvalue weighted by Crippen LogP contribution is -2.33. The average Bonchev–Trinajstić information content (AvgIpc) is 2.20. The smallest absolute Gasteiger partial charge is 0.161 e. The molecule has 1 unspecified atom stereocenters. The molecule has 15 heavy (non-hydrogen) atoms. The standard InChI is InChI=1S/C9H11FIN3O/c1-5(9(12)14-15)13-8-3-2-6(10)4-7(8)11/h2-5,13,15H,1H3,(H2,12,14). The van der Waals surface area contributed by atoms with E-state index in [-0.39, 0.29) is 17.7 Å². The first-order valence-corrected chi connectivity index (χ1v) is 5.31. The van der Waals surface area contributed by atoms with Crippen LogP contribution in [0.2, 0.25) is 0 Å². The molecule has 82 valence electrons. The first-order chi connectivity index (χ1) is 7.04. The van der Waals surface area contributed by atoms with E-state index in [2.05, 4.69) is 10.5 Å². The van der Waals surface area contributed by atoms with Gasteiger partial charge >= 0.3 is 0 Å². The monoisotopic (exact) mass is 323 g/mol. The van der Waals surface area contributed by atoms with Crippen molar-refractivity contribution in [1.29, 1.82) is 0 Å². The molecule has 0 spiro atoms. The van der Waals surface area contributed by atoms with E-state index < -0.39 is 0 Å². The SMILES string of the molecule is CC(Nc1ccc(F)cc1I)C(N)=NO. The third-order valence-electron chi connectivity index (χ3n) is 1.86. The number of rotatable bonds is 3. The number of nitrogens with two attached hydrogens (primary N) is 1. The summed E-state index contributed by atoms with van der Waals surface area (Å²) < 4.78 is 13.5. The minimum Gasteiger partial charge on any atom is -0.409 e. The van der Waals surface area contributed by atoms with Crippen molar-refractivity contribution in [3.05, 3.63) is 27.6 Å². The van der Waals surface area contributed by atoms with Crippen molar-refractivity contribution in [2.45, 2.75) is 13.0 Å². The van der Waals surface area contributed by atoms with Crippen molar-refractivity contribution in [1.82, 2.24) is 0 Å². The van der Waals surface area contributed by atoms with E-state index in [9.17, 15) is 4.39 Å². The summed E-state index contributed by atoms with van der Waals surface area (Å²) in [4.78, 5) is 0. The fourth-order valence-corrected chi connectivity index (χ4v) is 1.63. The Morgan fingerprint density at radius 3 is 2.87 bits per heavy atom. The van der Waals surface area contributed by atoms with Gasteiger partial charge < -0.3 is 16.3 Å². The molecule has 1 rings (SSSR count). The summed E-state index contributed by atoms with van der Waals surface area (Å²) in [5.41, 5.74) is 6.15. The number of anilines is 1. The summed E-state index contributed by atoms with van der Waals surface area (Å²) in [6.07, 6.45) is 0. The van der Waals surface area contributed by atoms with Crippen molar-refractivity contribution in [3.8, 4) is 0 Å². The van der Waals surface area contributed by atoms with E-state index in [4.69, 9.17) is 10.9 Å². The second kappa shape index (κ2) is 5.15. The Kier molecular flexibility index (Phi) is 4.13. The van der Waals surface area contributed by atoms with Gasteiger partial charge in [0.25, 0.3) is 0 Å². The Balaban J connectivity index is 2.81. The highest BCUT2D eigenvalue weighted by atomic mass is 127. The highest BCUT2D eigenvalue weighted by Gasteiger charge is 2.09. The lowest BCUT2D eigenvalue weighted by atomic mass is 10.2. The van der Waals surface area contributed by atoms with Gasteiger partial charge in [-0.15, -0.1) is 0 Å². The van der Waals surface area contributed by atoms with Crippen molar-refractivity contribution < 1.29 is 9.60 Å².